The van der Waals surface area contributed by atoms with Gasteiger partial charge in [0.05, 0.1) is 12.2 Å². The molecule has 0 aliphatic carbocycles. The largest absolute Gasteiger partial charge is 0.333 e. The first-order valence-corrected chi connectivity index (χ1v) is 10.3. The number of carbonyl (C=O) groups is 2. The lowest BCUT2D eigenvalue weighted by Crippen LogP contribution is -2.42. The van der Waals surface area contributed by atoms with E-state index in [1.54, 1.807) is 4.90 Å². The Hall–Kier alpha value is -1.43. The van der Waals surface area contributed by atoms with Crippen molar-refractivity contribution in [3.8, 4) is 0 Å². The Balaban J connectivity index is 2.72. The average Bonchev–Trinajstić information content (AvgIpc) is 2.96. The van der Waals surface area contributed by atoms with Gasteiger partial charge in [0, 0.05) is 17.8 Å². The third kappa shape index (κ3) is 7.99. The molecule has 25 heavy (non-hydrogen) atoms. The third-order valence-electron chi connectivity index (χ3n) is 4.24. The lowest BCUT2D eigenvalue weighted by atomic mass is 9.97. The zero-order valence-electron chi connectivity index (χ0n) is 16.3. The van der Waals surface area contributed by atoms with Gasteiger partial charge in [-0.15, -0.1) is 11.3 Å². The third-order valence-corrected chi connectivity index (χ3v) is 5.11. The van der Waals surface area contributed by atoms with E-state index in [0.29, 0.717) is 17.6 Å². The molecule has 1 unspecified atom stereocenters. The van der Waals surface area contributed by atoms with E-state index in [0.717, 1.165) is 37.8 Å². The smallest absolute Gasteiger partial charge is 0.245 e. The van der Waals surface area contributed by atoms with E-state index in [9.17, 15) is 9.59 Å². The second-order valence-electron chi connectivity index (χ2n) is 7.03. The van der Waals surface area contributed by atoms with Gasteiger partial charge in [0.25, 0.3) is 0 Å². The number of nitrogens with zero attached hydrogens (tertiary/aromatic N) is 2. The van der Waals surface area contributed by atoms with Crippen molar-refractivity contribution >= 4 is 28.3 Å². The Morgan fingerprint density at radius 1 is 1.28 bits per heavy atom. The second kappa shape index (κ2) is 11.2. The predicted octanol–water partition coefficient (Wildman–Crippen LogP) is 4.48. The molecule has 0 aliphatic rings. The van der Waals surface area contributed by atoms with Gasteiger partial charge in [-0.1, -0.05) is 40.5 Å². The molecule has 5 nitrogen and oxygen atoms in total. The summed E-state index contributed by atoms with van der Waals surface area (Å²) in [6.07, 6.45) is 4.76. The highest BCUT2D eigenvalue weighted by atomic mass is 32.1. The minimum Gasteiger partial charge on any atom is -0.333 e. The number of anilines is 1. The molecular weight excluding hydrogens is 334 g/mol. The maximum Gasteiger partial charge on any atom is 0.245 e. The number of amides is 2. The standard InChI is InChI=1S/C19H33N3O2S/c1-6-8-9-16(7-2)18(24)22(11-10-14(3)4)12-17(23)21-19-20-15(5)13-25-19/h13-14,16H,6-12H2,1-5H3,(H,20,21,23). The van der Waals surface area contributed by atoms with Crippen molar-refractivity contribution in [3.05, 3.63) is 11.1 Å². The minimum atomic E-state index is -0.170. The van der Waals surface area contributed by atoms with Crippen LogP contribution in [0.4, 0.5) is 5.13 Å². The van der Waals surface area contributed by atoms with Crippen molar-refractivity contribution in [1.82, 2.24) is 9.88 Å². The maximum absolute atomic E-state index is 12.9. The summed E-state index contributed by atoms with van der Waals surface area (Å²) in [5, 5.41) is 5.30. The van der Waals surface area contributed by atoms with Crippen LogP contribution < -0.4 is 5.32 Å². The van der Waals surface area contributed by atoms with Crippen molar-refractivity contribution < 1.29 is 9.59 Å². The molecule has 1 aromatic heterocycles. The van der Waals surface area contributed by atoms with Crippen LogP contribution in [0.15, 0.2) is 5.38 Å². The number of hydrogen-bond donors (Lipinski definition) is 1. The second-order valence-corrected chi connectivity index (χ2v) is 7.89. The van der Waals surface area contributed by atoms with Crippen LogP contribution in [-0.2, 0) is 9.59 Å². The molecule has 1 rings (SSSR count). The number of thiazole rings is 1. The van der Waals surface area contributed by atoms with Crippen LogP contribution in [0.3, 0.4) is 0 Å². The molecule has 6 heteroatoms. The molecule has 0 bridgehead atoms. The molecule has 0 aliphatic heterocycles. The van der Waals surface area contributed by atoms with Gasteiger partial charge in [-0.05, 0) is 32.1 Å². The topological polar surface area (TPSA) is 62.3 Å². The molecule has 1 atom stereocenters. The van der Waals surface area contributed by atoms with Crippen molar-refractivity contribution in [2.75, 3.05) is 18.4 Å². The first-order chi connectivity index (χ1) is 11.9. The lowest BCUT2D eigenvalue weighted by molar-refractivity contribution is -0.138. The number of aromatic nitrogens is 1. The van der Waals surface area contributed by atoms with E-state index in [4.69, 9.17) is 0 Å². The molecular formula is C19H33N3O2S. The van der Waals surface area contributed by atoms with Crippen molar-refractivity contribution in [2.45, 2.75) is 66.7 Å². The average molecular weight is 368 g/mol. The summed E-state index contributed by atoms with van der Waals surface area (Å²) in [5.41, 5.74) is 0.888. The van der Waals surface area contributed by atoms with Gasteiger partial charge in [-0.3, -0.25) is 9.59 Å². The van der Waals surface area contributed by atoms with Gasteiger partial charge in [-0.2, -0.15) is 0 Å². The summed E-state index contributed by atoms with van der Waals surface area (Å²) >= 11 is 1.41. The Bertz CT molecular complexity index is 543. The SMILES string of the molecule is CCCCC(CC)C(=O)N(CCC(C)C)CC(=O)Nc1nc(C)cs1. The van der Waals surface area contributed by atoms with Crippen LogP contribution in [0.25, 0.3) is 0 Å². The Kier molecular flexibility index (Phi) is 9.71. The molecule has 0 saturated heterocycles. The van der Waals surface area contributed by atoms with Crippen molar-refractivity contribution in [1.29, 1.82) is 0 Å². The van der Waals surface area contributed by atoms with Crippen LogP contribution >= 0.6 is 11.3 Å². The summed E-state index contributed by atoms with van der Waals surface area (Å²) in [6.45, 7) is 11.1. The van der Waals surface area contributed by atoms with Crippen LogP contribution in [0.5, 0.6) is 0 Å². The molecule has 1 heterocycles. The highest BCUT2D eigenvalue weighted by Crippen LogP contribution is 2.18. The fourth-order valence-corrected chi connectivity index (χ4v) is 3.34. The summed E-state index contributed by atoms with van der Waals surface area (Å²) < 4.78 is 0. The Labute approximate surface area is 156 Å². The van der Waals surface area contributed by atoms with Gasteiger partial charge < -0.3 is 10.2 Å². The van der Waals surface area contributed by atoms with Gasteiger partial charge in [0.1, 0.15) is 0 Å². The summed E-state index contributed by atoms with van der Waals surface area (Å²) in [6, 6.07) is 0. The van der Waals surface area contributed by atoms with Crippen molar-refractivity contribution in [3.63, 3.8) is 0 Å². The monoisotopic (exact) mass is 367 g/mol. The molecule has 1 aromatic rings. The van der Waals surface area contributed by atoms with Crippen LogP contribution in [0.1, 0.15) is 65.5 Å². The molecule has 0 aromatic carbocycles. The molecule has 0 spiro atoms. The fraction of sp³-hybridized carbons (Fsp3) is 0.737. The fourth-order valence-electron chi connectivity index (χ4n) is 2.64. The maximum atomic E-state index is 12.9. The Morgan fingerprint density at radius 3 is 2.52 bits per heavy atom. The zero-order valence-corrected chi connectivity index (χ0v) is 17.1. The first-order valence-electron chi connectivity index (χ1n) is 9.38. The van der Waals surface area contributed by atoms with Gasteiger partial charge in [0.2, 0.25) is 11.8 Å². The van der Waals surface area contributed by atoms with E-state index in [-0.39, 0.29) is 24.3 Å². The summed E-state index contributed by atoms with van der Waals surface area (Å²) in [5.74, 6) is 0.455. The zero-order chi connectivity index (χ0) is 18.8. The van der Waals surface area contributed by atoms with E-state index in [1.807, 2.05) is 12.3 Å². The van der Waals surface area contributed by atoms with E-state index >= 15 is 0 Å². The highest BCUT2D eigenvalue weighted by Gasteiger charge is 2.24. The van der Waals surface area contributed by atoms with Gasteiger partial charge in [-0.25, -0.2) is 4.98 Å². The number of aryl methyl sites for hydroxylation is 1. The number of carbonyl (C=O) groups excluding carboxylic acids is 2. The quantitative estimate of drug-likeness (QED) is 0.627. The Morgan fingerprint density at radius 2 is 2.00 bits per heavy atom. The first kappa shape index (κ1) is 21.6. The molecule has 0 saturated carbocycles. The molecule has 2 amide bonds. The molecule has 1 N–H and O–H groups in total. The van der Waals surface area contributed by atoms with Gasteiger partial charge in [0.15, 0.2) is 5.13 Å². The van der Waals surface area contributed by atoms with Crippen LogP contribution in [0, 0.1) is 18.8 Å². The lowest BCUT2D eigenvalue weighted by Gasteiger charge is -2.27. The van der Waals surface area contributed by atoms with E-state index in [2.05, 4.69) is 38.0 Å². The predicted molar refractivity (Wildman–Crippen MR) is 105 cm³/mol. The summed E-state index contributed by atoms with van der Waals surface area (Å²) in [7, 11) is 0. The van der Waals surface area contributed by atoms with E-state index < -0.39 is 0 Å². The number of rotatable bonds is 11. The number of unbranched alkanes of at least 4 members (excludes halogenated alkanes) is 1. The number of hydrogen-bond acceptors (Lipinski definition) is 4. The molecule has 0 fully saturated rings. The molecule has 0 radical (unpaired) electrons. The normalized spacial score (nSPS) is 12.2. The summed E-state index contributed by atoms with van der Waals surface area (Å²) in [4.78, 5) is 31.3. The van der Waals surface area contributed by atoms with Crippen LogP contribution in [-0.4, -0.2) is 34.8 Å². The minimum absolute atomic E-state index is 0.0158. The van der Waals surface area contributed by atoms with Crippen molar-refractivity contribution in [2.24, 2.45) is 11.8 Å². The molecule has 142 valence electrons. The number of nitrogens with one attached hydrogen (secondary N) is 1. The van der Waals surface area contributed by atoms with E-state index in [1.165, 1.54) is 11.3 Å². The van der Waals surface area contributed by atoms with Crippen LogP contribution in [0.2, 0.25) is 0 Å². The van der Waals surface area contributed by atoms with Gasteiger partial charge >= 0.3 is 0 Å². The highest BCUT2D eigenvalue weighted by molar-refractivity contribution is 7.13.